The van der Waals surface area contributed by atoms with Crippen LogP contribution in [0.5, 0.6) is 0 Å². The van der Waals surface area contributed by atoms with Crippen LogP contribution in [0.1, 0.15) is 41.5 Å². The third-order valence-corrected chi connectivity index (χ3v) is 4.18. The van der Waals surface area contributed by atoms with E-state index in [4.69, 9.17) is 0 Å². The van der Waals surface area contributed by atoms with Gasteiger partial charge in [0.05, 0.1) is 0 Å². The lowest BCUT2D eigenvalue weighted by Gasteiger charge is -2.09. The molecule has 1 atom stereocenters. The fourth-order valence-electron chi connectivity index (χ4n) is 2.08. The number of aryl methyl sites for hydroxylation is 4. The van der Waals surface area contributed by atoms with Crippen molar-refractivity contribution in [3.05, 3.63) is 34.4 Å². The molecule has 0 saturated carbocycles. The molecule has 0 radical (unpaired) electrons. The standard InChI is InChI=1S/C15H25P/c1-12-10-14(3)15(11-13(12)2)8-6-5-7-9-16-4/h10-11,16H,5-9H2,1-4H3. The number of hydrogen-bond donors (Lipinski definition) is 0. The van der Waals surface area contributed by atoms with Crippen molar-refractivity contribution in [3.8, 4) is 0 Å². The topological polar surface area (TPSA) is 0 Å². The van der Waals surface area contributed by atoms with E-state index in [2.05, 4.69) is 39.6 Å². The summed E-state index contributed by atoms with van der Waals surface area (Å²) in [6.45, 7) is 8.97. The van der Waals surface area contributed by atoms with Crippen molar-refractivity contribution in [2.24, 2.45) is 0 Å². The summed E-state index contributed by atoms with van der Waals surface area (Å²) in [5.41, 5.74) is 5.89. The Bertz CT molecular complexity index is 328. The maximum atomic E-state index is 2.38. The van der Waals surface area contributed by atoms with Crippen LogP contribution in [0.2, 0.25) is 0 Å². The van der Waals surface area contributed by atoms with Crippen LogP contribution in [0.15, 0.2) is 12.1 Å². The molecule has 0 aromatic heterocycles. The average molecular weight is 236 g/mol. The van der Waals surface area contributed by atoms with E-state index in [0.29, 0.717) is 0 Å². The minimum Gasteiger partial charge on any atom is -0.125 e. The van der Waals surface area contributed by atoms with Crippen LogP contribution in [0.4, 0.5) is 0 Å². The minimum atomic E-state index is 1.13. The van der Waals surface area contributed by atoms with Crippen molar-refractivity contribution < 1.29 is 0 Å². The molecule has 1 heteroatoms. The van der Waals surface area contributed by atoms with Crippen LogP contribution in [-0.4, -0.2) is 12.8 Å². The summed E-state index contributed by atoms with van der Waals surface area (Å²) in [6.07, 6.45) is 6.85. The van der Waals surface area contributed by atoms with Crippen molar-refractivity contribution in [2.45, 2.75) is 46.5 Å². The summed E-state index contributed by atoms with van der Waals surface area (Å²) in [4.78, 5) is 0. The highest BCUT2D eigenvalue weighted by Crippen LogP contribution is 2.18. The van der Waals surface area contributed by atoms with E-state index >= 15 is 0 Å². The maximum absolute atomic E-state index is 2.38. The molecule has 0 amide bonds. The van der Waals surface area contributed by atoms with Gasteiger partial charge in [-0.3, -0.25) is 0 Å². The monoisotopic (exact) mass is 236 g/mol. The number of unbranched alkanes of at least 4 members (excludes halogenated alkanes) is 2. The summed E-state index contributed by atoms with van der Waals surface area (Å²) in [6, 6.07) is 4.71. The molecule has 0 N–H and O–H groups in total. The van der Waals surface area contributed by atoms with E-state index in [1.54, 1.807) is 5.56 Å². The Kier molecular flexibility index (Phi) is 6.06. The fourth-order valence-corrected chi connectivity index (χ4v) is 2.69. The van der Waals surface area contributed by atoms with Gasteiger partial charge in [0.25, 0.3) is 0 Å². The van der Waals surface area contributed by atoms with Crippen LogP contribution >= 0.6 is 8.58 Å². The van der Waals surface area contributed by atoms with Crippen LogP contribution in [0.25, 0.3) is 0 Å². The second-order valence-electron chi connectivity index (χ2n) is 4.78. The van der Waals surface area contributed by atoms with Gasteiger partial charge in [-0.05, 0) is 75.1 Å². The highest BCUT2D eigenvalue weighted by Gasteiger charge is 2.01. The van der Waals surface area contributed by atoms with Gasteiger partial charge in [0.2, 0.25) is 0 Å². The largest absolute Gasteiger partial charge is 0.125 e. The summed E-state index contributed by atoms with van der Waals surface area (Å²) in [7, 11) is 1.13. The third-order valence-electron chi connectivity index (χ3n) is 3.33. The Hall–Kier alpha value is -0.350. The Labute approximate surface area is 103 Å². The summed E-state index contributed by atoms with van der Waals surface area (Å²) < 4.78 is 0. The first-order valence-electron chi connectivity index (χ1n) is 6.36. The number of hydrogen-bond acceptors (Lipinski definition) is 0. The Morgan fingerprint density at radius 3 is 2.25 bits per heavy atom. The van der Waals surface area contributed by atoms with Crippen LogP contribution in [0, 0.1) is 20.8 Å². The lowest BCUT2D eigenvalue weighted by Crippen LogP contribution is -1.94. The number of rotatable bonds is 6. The van der Waals surface area contributed by atoms with Crippen molar-refractivity contribution in [3.63, 3.8) is 0 Å². The van der Waals surface area contributed by atoms with Crippen LogP contribution < -0.4 is 0 Å². The van der Waals surface area contributed by atoms with E-state index in [1.807, 2.05) is 0 Å². The van der Waals surface area contributed by atoms with Crippen molar-refractivity contribution >= 4 is 8.58 Å². The SMILES string of the molecule is CPCCCCCc1cc(C)c(C)cc1C. The Morgan fingerprint density at radius 1 is 0.875 bits per heavy atom. The van der Waals surface area contributed by atoms with Gasteiger partial charge in [0.15, 0.2) is 0 Å². The molecule has 0 aliphatic rings. The van der Waals surface area contributed by atoms with Gasteiger partial charge in [-0.2, -0.15) is 0 Å². The quantitative estimate of drug-likeness (QED) is 0.499. The molecule has 0 saturated heterocycles. The van der Waals surface area contributed by atoms with Gasteiger partial charge in [-0.25, -0.2) is 0 Å². The molecule has 1 aromatic rings. The van der Waals surface area contributed by atoms with E-state index < -0.39 is 0 Å². The second kappa shape index (κ2) is 7.07. The van der Waals surface area contributed by atoms with E-state index in [9.17, 15) is 0 Å². The first-order chi connectivity index (χ1) is 7.65. The zero-order valence-corrected chi connectivity index (χ0v) is 12.2. The van der Waals surface area contributed by atoms with Gasteiger partial charge in [-0.1, -0.05) is 18.6 Å². The van der Waals surface area contributed by atoms with E-state index in [1.165, 1.54) is 48.5 Å². The molecule has 0 aliphatic heterocycles. The zero-order chi connectivity index (χ0) is 12.0. The molecule has 0 fully saturated rings. The minimum absolute atomic E-state index is 1.13. The average Bonchev–Trinajstić information content (AvgIpc) is 2.25. The summed E-state index contributed by atoms with van der Waals surface area (Å²) in [5.74, 6) is 0. The van der Waals surface area contributed by atoms with Gasteiger partial charge in [0, 0.05) is 0 Å². The lowest BCUT2D eigenvalue weighted by atomic mass is 9.97. The molecule has 0 bridgehead atoms. The smallest absolute Gasteiger partial charge is 0.0276 e. The molecule has 0 heterocycles. The van der Waals surface area contributed by atoms with Gasteiger partial charge in [0.1, 0.15) is 0 Å². The third kappa shape index (κ3) is 4.26. The van der Waals surface area contributed by atoms with Crippen molar-refractivity contribution in [2.75, 3.05) is 12.8 Å². The fraction of sp³-hybridized carbons (Fsp3) is 0.600. The van der Waals surface area contributed by atoms with Gasteiger partial charge in [-0.15, -0.1) is 8.58 Å². The molecule has 1 unspecified atom stereocenters. The molecule has 90 valence electrons. The molecule has 1 aromatic carbocycles. The highest BCUT2D eigenvalue weighted by atomic mass is 31.1. The van der Waals surface area contributed by atoms with E-state index in [-0.39, 0.29) is 0 Å². The molecule has 16 heavy (non-hydrogen) atoms. The normalized spacial score (nSPS) is 11.5. The first-order valence-corrected chi connectivity index (χ1v) is 8.07. The van der Waals surface area contributed by atoms with Crippen LogP contribution in [-0.2, 0) is 6.42 Å². The van der Waals surface area contributed by atoms with Crippen molar-refractivity contribution in [1.29, 1.82) is 0 Å². The Balaban J connectivity index is 2.45. The highest BCUT2D eigenvalue weighted by molar-refractivity contribution is 7.36. The molecule has 0 nitrogen and oxygen atoms in total. The van der Waals surface area contributed by atoms with Gasteiger partial charge < -0.3 is 0 Å². The zero-order valence-electron chi connectivity index (χ0n) is 11.2. The van der Waals surface area contributed by atoms with E-state index in [0.717, 1.165) is 8.58 Å². The predicted molar refractivity (Wildman–Crippen MR) is 77.3 cm³/mol. The van der Waals surface area contributed by atoms with Crippen molar-refractivity contribution in [1.82, 2.24) is 0 Å². The number of benzene rings is 1. The first kappa shape index (κ1) is 13.7. The maximum Gasteiger partial charge on any atom is -0.0276 e. The Morgan fingerprint density at radius 2 is 1.56 bits per heavy atom. The van der Waals surface area contributed by atoms with Crippen LogP contribution in [0.3, 0.4) is 0 Å². The summed E-state index contributed by atoms with van der Waals surface area (Å²) in [5, 5.41) is 0. The van der Waals surface area contributed by atoms with Gasteiger partial charge >= 0.3 is 0 Å². The lowest BCUT2D eigenvalue weighted by molar-refractivity contribution is 0.719. The molecule has 0 spiro atoms. The molecular formula is C15H25P. The predicted octanol–water partition coefficient (Wildman–Crippen LogP) is 4.63. The second-order valence-corrected chi connectivity index (χ2v) is 5.98. The molecular weight excluding hydrogens is 211 g/mol. The molecule has 1 rings (SSSR count). The molecule has 0 aliphatic carbocycles. The summed E-state index contributed by atoms with van der Waals surface area (Å²) >= 11 is 0.